The van der Waals surface area contributed by atoms with Gasteiger partial charge >= 0.3 is 0 Å². The van der Waals surface area contributed by atoms with Crippen LogP contribution in [0.4, 0.5) is 0 Å². The minimum Gasteiger partial charge on any atom is -0.392 e. The van der Waals surface area contributed by atoms with Crippen molar-refractivity contribution >= 4 is 0 Å². The quantitative estimate of drug-likeness (QED) is 0.451. The average Bonchev–Trinajstić information content (AvgIpc) is 1.86. The maximum Gasteiger partial charge on any atom is 0.0676 e. The molecule has 0 amide bonds. The summed E-state index contributed by atoms with van der Waals surface area (Å²) in [5.41, 5.74) is 0. The van der Waals surface area contributed by atoms with E-state index in [1.54, 1.807) is 0 Å². The van der Waals surface area contributed by atoms with Crippen molar-refractivity contribution in [2.75, 3.05) is 13.1 Å². The molecule has 7 heavy (non-hydrogen) atoms. The van der Waals surface area contributed by atoms with E-state index in [9.17, 15) is 0 Å². The Labute approximate surface area is 44.5 Å². The zero-order chi connectivity index (χ0) is 4.41. The number of nitrogens with one attached hydrogen (secondary N) is 1. The molecule has 2 heteroatoms. The van der Waals surface area contributed by atoms with Gasteiger partial charge in [-0.15, -0.1) is 0 Å². The normalized spacial score (nSPS) is 29.6. The molecule has 1 aliphatic heterocycles. The third-order valence-corrected chi connectivity index (χ3v) is 1.03. The van der Waals surface area contributed by atoms with Gasteiger partial charge in [-0.3, -0.25) is 0 Å². The van der Waals surface area contributed by atoms with Crippen molar-refractivity contribution in [1.29, 1.82) is 0 Å². The Bertz CT molecular complexity index is 41.3. The Hall–Kier alpha value is -0.0800. The molecule has 1 fully saturated rings. The molecule has 0 aliphatic carbocycles. The third kappa shape index (κ3) is 1.90. The van der Waals surface area contributed by atoms with Gasteiger partial charge in [-0.25, -0.2) is 0 Å². The Balaban J connectivity index is 0.000000360. The SMILES string of the molecule is C.O[C@@H]1CCNC1. The lowest BCUT2D eigenvalue weighted by Gasteiger charge is -1.90. The molecule has 0 spiro atoms. The summed E-state index contributed by atoms with van der Waals surface area (Å²) >= 11 is 0. The lowest BCUT2D eigenvalue weighted by Crippen LogP contribution is -2.11. The summed E-state index contributed by atoms with van der Waals surface area (Å²) in [6.07, 6.45) is 0.866. The zero-order valence-electron chi connectivity index (χ0n) is 3.65. The Morgan fingerprint density at radius 1 is 1.57 bits per heavy atom. The summed E-state index contributed by atoms with van der Waals surface area (Å²) in [5, 5.41) is 11.7. The van der Waals surface area contributed by atoms with Crippen LogP contribution in [0.3, 0.4) is 0 Å². The van der Waals surface area contributed by atoms with Crippen LogP contribution in [-0.2, 0) is 0 Å². The molecule has 2 N–H and O–H groups in total. The van der Waals surface area contributed by atoms with Crippen LogP contribution >= 0.6 is 0 Å². The molecule has 0 bridgehead atoms. The highest BCUT2D eigenvalue weighted by atomic mass is 16.3. The van der Waals surface area contributed by atoms with Gasteiger partial charge in [-0.05, 0) is 13.0 Å². The van der Waals surface area contributed by atoms with Gasteiger partial charge in [0.1, 0.15) is 0 Å². The summed E-state index contributed by atoms with van der Waals surface area (Å²) in [7, 11) is 0. The minimum absolute atomic E-state index is 0. The lowest BCUT2D eigenvalue weighted by atomic mass is 10.3. The van der Waals surface area contributed by atoms with Crippen molar-refractivity contribution in [3.63, 3.8) is 0 Å². The van der Waals surface area contributed by atoms with Crippen LogP contribution in [-0.4, -0.2) is 24.3 Å². The van der Waals surface area contributed by atoms with E-state index < -0.39 is 0 Å². The molecule has 0 unspecified atom stereocenters. The average molecular weight is 103 g/mol. The fourth-order valence-corrected chi connectivity index (χ4v) is 0.639. The van der Waals surface area contributed by atoms with Gasteiger partial charge in [-0.2, -0.15) is 0 Å². The molecule has 0 aromatic carbocycles. The van der Waals surface area contributed by atoms with Crippen LogP contribution in [0.15, 0.2) is 0 Å². The molecule has 0 aromatic heterocycles. The highest BCUT2D eigenvalue weighted by molar-refractivity contribution is 4.67. The first-order valence-corrected chi connectivity index (χ1v) is 2.28. The molecular weight excluding hydrogens is 90.1 g/mol. The number of aliphatic hydroxyl groups is 1. The number of hydrogen-bond donors (Lipinski definition) is 2. The number of β-amino-alcohol motifs (C(OH)–C–C–N with tert-alkyl or cyclic N) is 1. The summed E-state index contributed by atoms with van der Waals surface area (Å²) in [6.45, 7) is 1.78. The van der Waals surface area contributed by atoms with E-state index in [1.165, 1.54) is 0 Å². The topological polar surface area (TPSA) is 32.3 Å². The third-order valence-electron chi connectivity index (χ3n) is 1.03. The van der Waals surface area contributed by atoms with Crippen LogP contribution in [0, 0.1) is 0 Å². The first kappa shape index (κ1) is 6.92. The largest absolute Gasteiger partial charge is 0.392 e. The van der Waals surface area contributed by atoms with E-state index in [0.29, 0.717) is 0 Å². The predicted molar refractivity (Wildman–Crippen MR) is 30.2 cm³/mol. The van der Waals surface area contributed by atoms with E-state index in [1.807, 2.05) is 0 Å². The first-order valence-electron chi connectivity index (χ1n) is 2.28. The summed E-state index contributed by atoms with van der Waals surface area (Å²) in [6, 6.07) is 0. The van der Waals surface area contributed by atoms with Gasteiger partial charge in [0.2, 0.25) is 0 Å². The van der Waals surface area contributed by atoms with Gasteiger partial charge in [0.25, 0.3) is 0 Å². The van der Waals surface area contributed by atoms with Gasteiger partial charge in [-0.1, -0.05) is 7.43 Å². The highest BCUT2D eigenvalue weighted by Gasteiger charge is 2.08. The molecule has 1 rings (SSSR count). The summed E-state index contributed by atoms with van der Waals surface area (Å²) < 4.78 is 0. The van der Waals surface area contributed by atoms with Crippen molar-refractivity contribution in [3.05, 3.63) is 0 Å². The monoisotopic (exact) mass is 103 g/mol. The zero-order valence-corrected chi connectivity index (χ0v) is 3.65. The molecule has 44 valence electrons. The van der Waals surface area contributed by atoms with Crippen molar-refractivity contribution in [2.45, 2.75) is 20.0 Å². The minimum atomic E-state index is -0.0648. The van der Waals surface area contributed by atoms with Crippen LogP contribution in [0.5, 0.6) is 0 Å². The van der Waals surface area contributed by atoms with Crippen LogP contribution in [0.2, 0.25) is 0 Å². The van der Waals surface area contributed by atoms with Crippen LogP contribution < -0.4 is 5.32 Å². The van der Waals surface area contributed by atoms with Crippen molar-refractivity contribution in [1.82, 2.24) is 5.32 Å². The molecule has 0 saturated carbocycles. The molecule has 0 radical (unpaired) electrons. The molecule has 1 heterocycles. The second-order valence-electron chi connectivity index (χ2n) is 1.65. The van der Waals surface area contributed by atoms with Crippen molar-refractivity contribution in [2.24, 2.45) is 0 Å². The number of hydrogen-bond acceptors (Lipinski definition) is 2. The number of aliphatic hydroxyl groups excluding tert-OH is 1. The highest BCUT2D eigenvalue weighted by Crippen LogP contribution is 1.93. The van der Waals surface area contributed by atoms with Gasteiger partial charge in [0, 0.05) is 6.54 Å². The van der Waals surface area contributed by atoms with Gasteiger partial charge in [0.05, 0.1) is 6.10 Å². The smallest absolute Gasteiger partial charge is 0.0676 e. The lowest BCUT2D eigenvalue weighted by molar-refractivity contribution is 0.196. The van der Waals surface area contributed by atoms with E-state index in [2.05, 4.69) is 5.32 Å². The second kappa shape index (κ2) is 2.99. The maximum atomic E-state index is 8.67. The van der Waals surface area contributed by atoms with Crippen LogP contribution in [0.25, 0.3) is 0 Å². The van der Waals surface area contributed by atoms with E-state index in [0.717, 1.165) is 19.5 Å². The molecule has 1 aliphatic rings. The number of rotatable bonds is 0. The molecule has 1 atom stereocenters. The first-order chi connectivity index (χ1) is 2.89. The second-order valence-corrected chi connectivity index (χ2v) is 1.65. The fraction of sp³-hybridized carbons (Fsp3) is 1.00. The van der Waals surface area contributed by atoms with Crippen molar-refractivity contribution < 1.29 is 5.11 Å². The van der Waals surface area contributed by atoms with E-state index in [-0.39, 0.29) is 13.5 Å². The van der Waals surface area contributed by atoms with E-state index >= 15 is 0 Å². The van der Waals surface area contributed by atoms with Crippen molar-refractivity contribution in [3.8, 4) is 0 Å². The Kier molecular flexibility index (Phi) is 2.96. The summed E-state index contributed by atoms with van der Waals surface area (Å²) in [5.74, 6) is 0. The summed E-state index contributed by atoms with van der Waals surface area (Å²) in [4.78, 5) is 0. The van der Waals surface area contributed by atoms with E-state index in [4.69, 9.17) is 5.11 Å². The standard InChI is InChI=1S/C4H9NO.CH4/c6-4-1-2-5-3-4;/h4-6H,1-3H2;1H4/t4-;/m1./s1. The maximum absolute atomic E-state index is 8.67. The fourth-order valence-electron chi connectivity index (χ4n) is 0.639. The molecule has 0 aromatic rings. The van der Waals surface area contributed by atoms with Gasteiger partial charge in [0.15, 0.2) is 0 Å². The Morgan fingerprint density at radius 2 is 2.29 bits per heavy atom. The Morgan fingerprint density at radius 3 is 2.43 bits per heavy atom. The molecular formula is C5H13NO. The predicted octanol–water partition coefficient (Wildman–Crippen LogP) is -0.0233. The molecule has 1 saturated heterocycles. The van der Waals surface area contributed by atoms with Crippen LogP contribution in [0.1, 0.15) is 13.8 Å². The molecule has 2 nitrogen and oxygen atoms in total. The van der Waals surface area contributed by atoms with Gasteiger partial charge < -0.3 is 10.4 Å².